The van der Waals surface area contributed by atoms with Gasteiger partial charge in [0.15, 0.2) is 0 Å². The third kappa shape index (κ3) is 3.36. The summed E-state index contributed by atoms with van der Waals surface area (Å²) in [7, 11) is 0. The number of aliphatic hydroxyl groups is 1. The van der Waals surface area contributed by atoms with Crippen LogP contribution in [0.3, 0.4) is 0 Å². The second-order valence-corrected chi connectivity index (χ2v) is 5.09. The van der Waals surface area contributed by atoms with Crippen LogP contribution in [0.2, 0.25) is 0 Å². The molecular weight excluding hydrogens is 268 g/mol. The van der Waals surface area contributed by atoms with E-state index in [-0.39, 0.29) is 11.4 Å². The van der Waals surface area contributed by atoms with Crippen LogP contribution < -0.4 is 5.32 Å². The summed E-state index contributed by atoms with van der Waals surface area (Å²) in [6.45, 7) is 2.07. The minimum absolute atomic E-state index is 0.0627. The van der Waals surface area contributed by atoms with Crippen LogP contribution in [0.1, 0.15) is 30.1 Å². The fourth-order valence-electron chi connectivity index (χ4n) is 2.20. The van der Waals surface area contributed by atoms with Crippen molar-refractivity contribution >= 4 is 23.3 Å². The van der Waals surface area contributed by atoms with Gasteiger partial charge in [0.05, 0.1) is 23.8 Å². The quantitative estimate of drug-likeness (QED) is 0.652. The Morgan fingerprint density at radius 3 is 3.05 bits per heavy atom. The van der Waals surface area contributed by atoms with E-state index in [9.17, 15) is 9.90 Å². The Balaban J connectivity index is 2.14. The molecule has 1 aromatic heterocycles. The van der Waals surface area contributed by atoms with Crippen LogP contribution in [0.15, 0.2) is 18.5 Å². The summed E-state index contributed by atoms with van der Waals surface area (Å²) in [5, 5.41) is 12.6. The molecule has 0 radical (unpaired) electrons. The lowest BCUT2D eigenvalue weighted by Gasteiger charge is -2.18. The van der Waals surface area contributed by atoms with Crippen molar-refractivity contribution in [1.29, 1.82) is 0 Å². The average Bonchev–Trinajstić information content (AvgIpc) is 2.69. The first-order valence-corrected chi connectivity index (χ1v) is 6.75. The molecular formula is C13H17ClN2O3. The molecule has 0 amide bonds. The smallest absolute Gasteiger partial charge is 0.341 e. The molecule has 1 aliphatic carbocycles. The predicted molar refractivity (Wildman–Crippen MR) is 72.5 cm³/mol. The zero-order valence-corrected chi connectivity index (χ0v) is 11.4. The third-order valence-electron chi connectivity index (χ3n) is 3.12. The van der Waals surface area contributed by atoms with Crippen LogP contribution in [0.5, 0.6) is 0 Å². The van der Waals surface area contributed by atoms with Gasteiger partial charge in [-0.15, -0.1) is 11.6 Å². The van der Waals surface area contributed by atoms with Crippen molar-refractivity contribution in [2.75, 3.05) is 11.9 Å². The van der Waals surface area contributed by atoms with Crippen molar-refractivity contribution in [2.24, 2.45) is 0 Å². The maximum atomic E-state index is 11.8. The van der Waals surface area contributed by atoms with Crippen LogP contribution in [-0.2, 0) is 4.74 Å². The first-order valence-electron chi connectivity index (χ1n) is 6.31. The number of pyridine rings is 1. The number of anilines is 1. The minimum Gasteiger partial charge on any atom is -0.462 e. The second kappa shape index (κ2) is 6.21. The zero-order chi connectivity index (χ0) is 13.8. The number of carbonyl (C=O) groups excluding carboxylic acids is 1. The summed E-state index contributed by atoms with van der Waals surface area (Å²) in [6, 6.07) is 1.65. The van der Waals surface area contributed by atoms with E-state index >= 15 is 0 Å². The van der Waals surface area contributed by atoms with Gasteiger partial charge in [0.25, 0.3) is 0 Å². The Bertz CT molecular complexity index is 455. The fourth-order valence-corrected chi connectivity index (χ4v) is 2.57. The van der Waals surface area contributed by atoms with E-state index < -0.39 is 12.1 Å². The van der Waals surface area contributed by atoms with Crippen molar-refractivity contribution in [3.63, 3.8) is 0 Å². The van der Waals surface area contributed by atoms with Crippen LogP contribution in [0.25, 0.3) is 0 Å². The van der Waals surface area contributed by atoms with Crippen molar-refractivity contribution < 1.29 is 14.6 Å². The van der Waals surface area contributed by atoms with Gasteiger partial charge in [-0.05, 0) is 25.8 Å². The van der Waals surface area contributed by atoms with Gasteiger partial charge in [0.1, 0.15) is 5.56 Å². The summed E-state index contributed by atoms with van der Waals surface area (Å²) < 4.78 is 4.98. The largest absolute Gasteiger partial charge is 0.462 e. The second-order valence-electron chi connectivity index (χ2n) is 4.53. The highest BCUT2D eigenvalue weighted by atomic mass is 35.5. The number of alkyl halides is 1. The highest BCUT2D eigenvalue weighted by Gasteiger charge is 2.32. The molecule has 1 aromatic rings. The molecule has 0 aliphatic heterocycles. The van der Waals surface area contributed by atoms with E-state index in [0.717, 1.165) is 0 Å². The summed E-state index contributed by atoms with van der Waals surface area (Å²) >= 11 is 6.16. The van der Waals surface area contributed by atoms with Crippen molar-refractivity contribution in [1.82, 2.24) is 4.98 Å². The van der Waals surface area contributed by atoms with Gasteiger partial charge in [0, 0.05) is 18.4 Å². The number of halogens is 1. The number of nitrogens with one attached hydrogen (secondary N) is 1. The summed E-state index contributed by atoms with van der Waals surface area (Å²) in [5.41, 5.74) is 1.02. The number of aromatic nitrogens is 1. The molecule has 0 bridgehead atoms. The molecule has 1 heterocycles. The van der Waals surface area contributed by atoms with Crippen LogP contribution >= 0.6 is 11.6 Å². The third-order valence-corrected chi connectivity index (χ3v) is 3.60. The number of nitrogens with zero attached hydrogens (tertiary/aromatic N) is 1. The van der Waals surface area contributed by atoms with Crippen LogP contribution in [0, 0.1) is 0 Å². The number of ether oxygens (including phenoxy) is 1. The van der Waals surface area contributed by atoms with E-state index in [1.54, 1.807) is 19.2 Å². The maximum absolute atomic E-state index is 11.8. The Hall–Kier alpha value is -1.33. The van der Waals surface area contributed by atoms with E-state index in [0.29, 0.717) is 30.7 Å². The lowest BCUT2D eigenvalue weighted by Crippen LogP contribution is -2.25. The van der Waals surface area contributed by atoms with Gasteiger partial charge >= 0.3 is 5.97 Å². The number of carbonyl (C=O) groups is 1. The highest BCUT2D eigenvalue weighted by molar-refractivity contribution is 6.21. The molecule has 104 valence electrons. The molecule has 19 heavy (non-hydrogen) atoms. The molecule has 1 saturated carbocycles. The number of rotatable bonds is 4. The molecule has 3 atom stereocenters. The number of hydrogen-bond acceptors (Lipinski definition) is 5. The molecule has 2 rings (SSSR count). The van der Waals surface area contributed by atoms with Crippen LogP contribution in [-0.4, -0.2) is 40.2 Å². The van der Waals surface area contributed by atoms with Gasteiger partial charge in [0.2, 0.25) is 0 Å². The predicted octanol–water partition coefficient (Wildman–Crippen LogP) is 1.80. The molecule has 0 aromatic carbocycles. The number of hydrogen-bond donors (Lipinski definition) is 2. The lowest BCUT2D eigenvalue weighted by molar-refractivity contribution is 0.0527. The molecule has 6 heteroatoms. The molecule has 2 N–H and O–H groups in total. The first kappa shape index (κ1) is 14.1. The Morgan fingerprint density at radius 1 is 1.63 bits per heavy atom. The lowest BCUT2D eigenvalue weighted by atomic mass is 10.2. The van der Waals surface area contributed by atoms with E-state index in [4.69, 9.17) is 16.3 Å². The van der Waals surface area contributed by atoms with Gasteiger partial charge in [-0.25, -0.2) is 4.79 Å². The van der Waals surface area contributed by atoms with E-state index in [2.05, 4.69) is 10.3 Å². The molecule has 0 spiro atoms. The van der Waals surface area contributed by atoms with Crippen molar-refractivity contribution in [3.8, 4) is 0 Å². The van der Waals surface area contributed by atoms with Gasteiger partial charge < -0.3 is 15.2 Å². The monoisotopic (exact) mass is 284 g/mol. The summed E-state index contributed by atoms with van der Waals surface area (Å²) in [6.07, 6.45) is 3.79. The SMILES string of the molecule is CCOC(=O)c1cnccc1NC1CC(O)CC1Cl. The van der Waals surface area contributed by atoms with Gasteiger partial charge in [-0.2, -0.15) is 0 Å². The van der Waals surface area contributed by atoms with Crippen LogP contribution in [0.4, 0.5) is 5.69 Å². The van der Waals surface area contributed by atoms with E-state index in [1.165, 1.54) is 6.20 Å². The maximum Gasteiger partial charge on any atom is 0.341 e. The summed E-state index contributed by atoms with van der Waals surface area (Å²) in [5.74, 6) is -0.414. The molecule has 5 nitrogen and oxygen atoms in total. The number of aliphatic hydroxyl groups excluding tert-OH is 1. The molecule has 1 aliphatic rings. The van der Waals surface area contributed by atoms with Crippen molar-refractivity contribution in [3.05, 3.63) is 24.0 Å². The van der Waals surface area contributed by atoms with Gasteiger partial charge in [-0.3, -0.25) is 4.98 Å². The minimum atomic E-state index is -0.414. The normalized spacial score (nSPS) is 26.2. The first-order chi connectivity index (χ1) is 9.11. The zero-order valence-electron chi connectivity index (χ0n) is 10.7. The summed E-state index contributed by atoms with van der Waals surface area (Å²) in [4.78, 5) is 15.7. The Morgan fingerprint density at radius 2 is 2.42 bits per heavy atom. The molecule has 1 fully saturated rings. The topological polar surface area (TPSA) is 71.5 Å². The van der Waals surface area contributed by atoms with E-state index in [1.807, 2.05) is 0 Å². The molecule has 0 saturated heterocycles. The fraction of sp³-hybridized carbons (Fsp3) is 0.538. The van der Waals surface area contributed by atoms with Gasteiger partial charge in [-0.1, -0.05) is 0 Å². The Kier molecular flexibility index (Phi) is 4.61. The average molecular weight is 285 g/mol. The standard InChI is InChI=1S/C13H17ClN2O3/c1-2-19-13(18)9-7-15-4-3-11(9)16-12-6-8(17)5-10(12)14/h3-4,7-8,10,12,17H,2,5-6H2,1H3,(H,15,16). The van der Waals surface area contributed by atoms with Crippen molar-refractivity contribution in [2.45, 2.75) is 37.3 Å². The molecule has 3 unspecified atom stereocenters. The number of esters is 1. The Labute approximate surface area is 116 Å². The highest BCUT2D eigenvalue weighted by Crippen LogP contribution is 2.28.